The van der Waals surface area contributed by atoms with Crippen LogP contribution in [0.3, 0.4) is 0 Å². The molecule has 1 N–H and O–H groups in total. The van der Waals surface area contributed by atoms with Crippen LogP contribution in [0, 0.1) is 6.92 Å². The zero-order valence-electron chi connectivity index (χ0n) is 15.0. The predicted octanol–water partition coefficient (Wildman–Crippen LogP) is 3.11. The van der Waals surface area contributed by atoms with Crippen molar-refractivity contribution in [1.82, 2.24) is 10.2 Å². The van der Waals surface area contributed by atoms with Gasteiger partial charge in [-0.25, -0.2) is 0 Å². The second-order valence-corrected chi connectivity index (χ2v) is 6.68. The van der Waals surface area contributed by atoms with Crippen LogP contribution in [-0.2, 0) is 11.2 Å². The molecule has 1 aliphatic rings. The van der Waals surface area contributed by atoms with Gasteiger partial charge in [0.15, 0.2) is 0 Å². The summed E-state index contributed by atoms with van der Waals surface area (Å²) in [6.07, 6.45) is 2.18. The Bertz CT molecular complexity index is 729. The number of nitrogens with zero attached hydrogens (tertiary/aromatic N) is 1. The van der Waals surface area contributed by atoms with E-state index in [0.29, 0.717) is 25.7 Å². The summed E-state index contributed by atoms with van der Waals surface area (Å²) >= 11 is 0. The lowest BCUT2D eigenvalue weighted by Gasteiger charge is -2.24. The molecule has 1 unspecified atom stereocenters. The summed E-state index contributed by atoms with van der Waals surface area (Å²) in [5.74, 6) is 0.883. The first-order chi connectivity index (χ1) is 12.1. The summed E-state index contributed by atoms with van der Waals surface area (Å²) in [4.78, 5) is 14.3. The van der Waals surface area contributed by atoms with Gasteiger partial charge in [0, 0.05) is 6.04 Å². The molecule has 1 atom stereocenters. The lowest BCUT2D eigenvalue weighted by atomic mass is 10.1. The average molecular weight is 338 g/mol. The molecule has 25 heavy (non-hydrogen) atoms. The Labute approximate surface area is 149 Å². The van der Waals surface area contributed by atoms with Crippen molar-refractivity contribution < 1.29 is 9.53 Å². The number of fused-ring (bicyclic) bond motifs is 1. The number of aryl methyl sites for hydroxylation is 2. The summed E-state index contributed by atoms with van der Waals surface area (Å²) in [6, 6.07) is 16.8. The molecule has 4 heteroatoms. The highest BCUT2D eigenvalue weighted by atomic mass is 16.5. The number of rotatable bonds is 7. The number of nitrogens with one attached hydrogen (secondary N) is 1. The Morgan fingerprint density at radius 1 is 1.24 bits per heavy atom. The van der Waals surface area contributed by atoms with Crippen molar-refractivity contribution in [1.29, 1.82) is 0 Å². The monoisotopic (exact) mass is 338 g/mol. The summed E-state index contributed by atoms with van der Waals surface area (Å²) in [5.41, 5.74) is 3.94. The molecule has 3 rings (SSSR count). The maximum absolute atomic E-state index is 12.2. The molecule has 2 aromatic carbocycles. The van der Waals surface area contributed by atoms with Crippen LogP contribution in [-0.4, -0.2) is 37.6 Å². The molecule has 0 radical (unpaired) electrons. The molecule has 0 aromatic heterocycles. The van der Waals surface area contributed by atoms with Crippen molar-refractivity contribution in [3.63, 3.8) is 0 Å². The zero-order chi connectivity index (χ0) is 17.6. The quantitative estimate of drug-likeness (QED) is 0.789. The third kappa shape index (κ3) is 4.60. The predicted molar refractivity (Wildman–Crippen MR) is 99.8 cm³/mol. The zero-order valence-corrected chi connectivity index (χ0v) is 15.0. The smallest absolute Gasteiger partial charge is 0.234 e. The Morgan fingerprint density at radius 2 is 2.08 bits per heavy atom. The molecular formula is C21H26N2O2. The van der Waals surface area contributed by atoms with E-state index in [2.05, 4.69) is 34.5 Å². The fourth-order valence-electron chi connectivity index (χ4n) is 3.45. The van der Waals surface area contributed by atoms with Gasteiger partial charge in [-0.3, -0.25) is 9.69 Å². The molecule has 0 fully saturated rings. The van der Waals surface area contributed by atoms with Gasteiger partial charge < -0.3 is 10.1 Å². The molecule has 2 aromatic rings. The highest BCUT2D eigenvalue weighted by Crippen LogP contribution is 2.34. The van der Waals surface area contributed by atoms with Gasteiger partial charge >= 0.3 is 0 Å². The molecule has 0 spiro atoms. The molecule has 132 valence electrons. The molecule has 1 aliphatic carbocycles. The third-order valence-electron chi connectivity index (χ3n) is 4.71. The number of amides is 1. The SMILES string of the molecule is Cc1cccc(OCCNC(=O)CN(C)C2CCc3ccccc32)c1. The molecular weight excluding hydrogens is 312 g/mol. The van der Waals surface area contributed by atoms with Gasteiger partial charge in [-0.15, -0.1) is 0 Å². The number of likely N-dealkylation sites (N-methyl/N-ethyl adjacent to an activating group) is 1. The first kappa shape index (κ1) is 17.5. The first-order valence-corrected chi connectivity index (χ1v) is 8.87. The summed E-state index contributed by atoms with van der Waals surface area (Å²) in [5, 5.41) is 2.94. The van der Waals surface area contributed by atoms with Crippen molar-refractivity contribution >= 4 is 5.91 Å². The van der Waals surface area contributed by atoms with Crippen LogP contribution in [0.15, 0.2) is 48.5 Å². The van der Waals surface area contributed by atoms with E-state index in [9.17, 15) is 4.79 Å². The van der Waals surface area contributed by atoms with Gasteiger partial charge in [-0.1, -0.05) is 36.4 Å². The van der Waals surface area contributed by atoms with Gasteiger partial charge in [0.1, 0.15) is 12.4 Å². The van der Waals surface area contributed by atoms with E-state index in [1.165, 1.54) is 16.7 Å². The van der Waals surface area contributed by atoms with Gasteiger partial charge in [0.05, 0.1) is 13.1 Å². The van der Waals surface area contributed by atoms with E-state index in [0.717, 1.165) is 18.6 Å². The number of ether oxygens (including phenoxy) is 1. The maximum atomic E-state index is 12.2. The number of benzene rings is 2. The minimum Gasteiger partial charge on any atom is -0.492 e. The van der Waals surface area contributed by atoms with E-state index >= 15 is 0 Å². The van der Waals surface area contributed by atoms with Crippen LogP contribution in [0.4, 0.5) is 0 Å². The van der Waals surface area contributed by atoms with E-state index in [-0.39, 0.29) is 5.91 Å². The van der Waals surface area contributed by atoms with E-state index in [4.69, 9.17) is 4.74 Å². The lowest BCUT2D eigenvalue weighted by molar-refractivity contribution is -0.122. The van der Waals surface area contributed by atoms with Crippen LogP contribution in [0.2, 0.25) is 0 Å². The molecule has 0 saturated carbocycles. The minimum atomic E-state index is 0.0414. The Hall–Kier alpha value is -2.33. The van der Waals surface area contributed by atoms with Gasteiger partial charge in [0.25, 0.3) is 0 Å². The Balaban J connectivity index is 1.41. The molecule has 0 heterocycles. The van der Waals surface area contributed by atoms with Crippen molar-refractivity contribution in [2.24, 2.45) is 0 Å². The van der Waals surface area contributed by atoms with Crippen LogP contribution >= 0.6 is 0 Å². The van der Waals surface area contributed by atoms with Crippen LogP contribution in [0.5, 0.6) is 5.75 Å². The number of carbonyl (C=O) groups is 1. The third-order valence-corrected chi connectivity index (χ3v) is 4.71. The Morgan fingerprint density at radius 3 is 2.92 bits per heavy atom. The fourth-order valence-corrected chi connectivity index (χ4v) is 3.45. The van der Waals surface area contributed by atoms with Gasteiger partial charge in [0.2, 0.25) is 5.91 Å². The summed E-state index contributed by atoms with van der Waals surface area (Å²) in [7, 11) is 2.02. The van der Waals surface area contributed by atoms with Gasteiger partial charge in [-0.2, -0.15) is 0 Å². The highest BCUT2D eigenvalue weighted by molar-refractivity contribution is 5.78. The van der Waals surface area contributed by atoms with Crippen molar-refractivity contribution in [2.75, 3.05) is 26.7 Å². The van der Waals surface area contributed by atoms with Crippen LogP contribution < -0.4 is 10.1 Å². The van der Waals surface area contributed by atoms with E-state index < -0.39 is 0 Å². The van der Waals surface area contributed by atoms with Crippen molar-refractivity contribution in [2.45, 2.75) is 25.8 Å². The molecule has 0 aliphatic heterocycles. The van der Waals surface area contributed by atoms with E-state index in [1.54, 1.807) is 0 Å². The van der Waals surface area contributed by atoms with Gasteiger partial charge in [-0.05, 0) is 55.6 Å². The lowest BCUT2D eigenvalue weighted by Crippen LogP contribution is -2.38. The average Bonchev–Trinajstić information content (AvgIpc) is 3.03. The normalized spacial score (nSPS) is 15.9. The molecule has 4 nitrogen and oxygen atoms in total. The van der Waals surface area contributed by atoms with Crippen molar-refractivity contribution in [3.05, 3.63) is 65.2 Å². The summed E-state index contributed by atoms with van der Waals surface area (Å²) < 4.78 is 5.66. The standard InChI is InChI=1S/C21H26N2O2/c1-16-6-5-8-18(14-16)25-13-12-22-21(24)15-23(2)20-11-10-17-7-3-4-9-19(17)20/h3-9,14,20H,10-13,15H2,1-2H3,(H,22,24). The maximum Gasteiger partial charge on any atom is 0.234 e. The topological polar surface area (TPSA) is 41.6 Å². The molecule has 1 amide bonds. The van der Waals surface area contributed by atoms with Crippen LogP contribution in [0.1, 0.15) is 29.2 Å². The van der Waals surface area contributed by atoms with Crippen LogP contribution in [0.25, 0.3) is 0 Å². The second-order valence-electron chi connectivity index (χ2n) is 6.68. The number of hydrogen-bond acceptors (Lipinski definition) is 3. The molecule has 0 saturated heterocycles. The second kappa shape index (κ2) is 8.17. The first-order valence-electron chi connectivity index (χ1n) is 8.87. The highest BCUT2D eigenvalue weighted by Gasteiger charge is 2.26. The number of hydrogen-bond donors (Lipinski definition) is 1. The summed E-state index contributed by atoms with van der Waals surface area (Å²) in [6.45, 7) is 3.43. The number of carbonyl (C=O) groups excluding carboxylic acids is 1. The fraction of sp³-hybridized carbons (Fsp3) is 0.381. The molecule has 0 bridgehead atoms. The minimum absolute atomic E-state index is 0.0414. The van der Waals surface area contributed by atoms with Crippen molar-refractivity contribution in [3.8, 4) is 5.75 Å². The van der Waals surface area contributed by atoms with E-state index in [1.807, 2.05) is 38.2 Å². The largest absolute Gasteiger partial charge is 0.492 e. The Kier molecular flexibility index (Phi) is 5.71.